The molecule has 0 unspecified atom stereocenters. The minimum Gasteiger partial charge on any atom is -0.497 e. The smallest absolute Gasteiger partial charge is 0.323 e. The summed E-state index contributed by atoms with van der Waals surface area (Å²) in [6, 6.07) is 10.2. The molecule has 7 heteroatoms. The number of amides is 2. The summed E-state index contributed by atoms with van der Waals surface area (Å²) in [4.78, 5) is 19.3. The summed E-state index contributed by atoms with van der Waals surface area (Å²) in [5.41, 5.74) is 2.93. The summed E-state index contributed by atoms with van der Waals surface area (Å²) in [6.45, 7) is 0. The number of aromatic amines is 1. The molecule has 0 saturated carbocycles. The number of urea groups is 1. The lowest BCUT2D eigenvalue weighted by Crippen LogP contribution is -2.19. The Morgan fingerprint density at radius 2 is 1.70 bits per heavy atom. The number of fused-ring (bicyclic) bond motifs is 1. The van der Waals surface area contributed by atoms with Crippen LogP contribution >= 0.6 is 0 Å². The third-order valence-corrected chi connectivity index (χ3v) is 3.29. The van der Waals surface area contributed by atoms with Gasteiger partial charge in [0, 0.05) is 29.6 Å². The van der Waals surface area contributed by atoms with Crippen molar-refractivity contribution < 1.29 is 14.3 Å². The van der Waals surface area contributed by atoms with E-state index in [0.29, 0.717) is 22.9 Å². The van der Waals surface area contributed by atoms with E-state index >= 15 is 0 Å². The number of anilines is 2. The molecule has 1 heterocycles. The van der Waals surface area contributed by atoms with Gasteiger partial charge in [-0.1, -0.05) is 0 Å². The number of benzene rings is 2. The molecule has 2 amide bonds. The van der Waals surface area contributed by atoms with Crippen LogP contribution in [-0.4, -0.2) is 30.2 Å². The fourth-order valence-corrected chi connectivity index (χ4v) is 2.19. The fourth-order valence-electron chi connectivity index (χ4n) is 2.19. The van der Waals surface area contributed by atoms with Crippen LogP contribution in [0.4, 0.5) is 16.2 Å². The van der Waals surface area contributed by atoms with Crippen molar-refractivity contribution in [1.29, 1.82) is 0 Å². The Balaban J connectivity index is 1.73. The third-order valence-electron chi connectivity index (χ3n) is 3.29. The van der Waals surface area contributed by atoms with E-state index in [2.05, 4.69) is 20.6 Å². The van der Waals surface area contributed by atoms with Gasteiger partial charge < -0.3 is 25.1 Å². The van der Waals surface area contributed by atoms with E-state index in [1.165, 1.54) is 0 Å². The number of hydrogen-bond acceptors (Lipinski definition) is 4. The Hall–Kier alpha value is -3.22. The number of hydrogen-bond donors (Lipinski definition) is 3. The lowest BCUT2D eigenvalue weighted by atomic mass is 10.2. The van der Waals surface area contributed by atoms with Crippen LogP contribution in [0.5, 0.6) is 11.5 Å². The molecule has 1 aromatic heterocycles. The summed E-state index contributed by atoms with van der Waals surface area (Å²) in [7, 11) is 3.11. The number of nitrogens with zero attached hydrogens (tertiary/aromatic N) is 1. The lowest BCUT2D eigenvalue weighted by Gasteiger charge is -2.11. The third kappa shape index (κ3) is 3.34. The molecule has 7 nitrogen and oxygen atoms in total. The molecule has 118 valence electrons. The quantitative estimate of drug-likeness (QED) is 0.690. The molecule has 0 spiro atoms. The molecule has 23 heavy (non-hydrogen) atoms. The topological polar surface area (TPSA) is 88.3 Å². The molecule has 0 aliphatic rings. The minimum absolute atomic E-state index is 0.362. The molecule has 0 radical (unpaired) electrons. The van der Waals surface area contributed by atoms with Gasteiger partial charge in [0.05, 0.1) is 31.6 Å². The highest BCUT2D eigenvalue weighted by molar-refractivity contribution is 6.00. The van der Waals surface area contributed by atoms with Gasteiger partial charge in [0.2, 0.25) is 0 Å². The molecule has 3 aromatic rings. The Bertz CT molecular complexity index is 822. The molecule has 0 aliphatic heterocycles. The summed E-state index contributed by atoms with van der Waals surface area (Å²) >= 11 is 0. The average molecular weight is 312 g/mol. The highest BCUT2D eigenvalue weighted by Gasteiger charge is 2.07. The summed E-state index contributed by atoms with van der Waals surface area (Å²) in [5.74, 6) is 1.19. The number of ether oxygens (including phenoxy) is 2. The zero-order valence-electron chi connectivity index (χ0n) is 12.7. The van der Waals surface area contributed by atoms with E-state index in [0.717, 1.165) is 11.0 Å². The van der Waals surface area contributed by atoms with Crippen molar-refractivity contribution in [1.82, 2.24) is 9.97 Å². The average Bonchev–Trinajstić information content (AvgIpc) is 3.01. The normalized spacial score (nSPS) is 10.3. The number of nitrogens with one attached hydrogen (secondary N) is 3. The van der Waals surface area contributed by atoms with Crippen LogP contribution in [-0.2, 0) is 0 Å². The van der Waals surface area contributed by atoms with E-state index in [-0.39, 0.29) is 6.03 Å². The number of H-pyrrole nitrogens is 1. The predicted molar refractivity (Wildman–Crippen MR) is 88.3 cm³/mol. The standard InChI is InChI=1S/C16H16N4O3/c1-22-12-5-11(6-13(8-12)23-2)20-16(21)19-10-3-4-14-15(7-10)18-9-17-14/h3-9H,1-2H3,(H,17,18)(H2,19,20,21). The first-order chi connectivity index (χ1) is 11.2. The van der Waals surface area contributed by atoms with Gasteiger partial charge in [-0.15, -0.1) is 0 Å². The van der Waals surface area contributed by atoms with E-state index in [4.69, 9.17) is 9.47 Å². The van der Waals surface area contributed by atoms with Crippen LogP contribution in [0.2, 0.25) is 0 Å². The molecule has 3 N–H and O–H groups in total. The van der Waals surface area contributed by atoms with Crippen LogP contribution < -0.4 is 20.1 Å². The van der Waals surface area contributed by atoms with Gasteiger partial charge in [0.1, 0.15) is 11.5 Å². The predicted octanol–water partition coefficient (Wildman–Crippen LogP) is 3.22. The first-order valence-electron chi connectivity index (χ1n) is 6.92. The highest BCUT2D eigenvalue weighted by atomic mass is 16.5. The van der Waals surface area contributed by atoms with Crippen molar-refractivity contribution in [2.24, 2.45) is 0 Å². The van der Waals surface area contributed by atoms with Gasteiger partial charge in [-0.25, -0.2) is 9.78 Å². The largest absolute Gasteiger partial charge is 0.497 e. The number of rotatable bonds is 4. The summed E-state index contributed by atoms with van der Waals surface area (Å²) in [6.07, 6.45) is 1.61. The second-order valence-corrected chi connectivity index (χ2v) is 4.81. The van der Waals surface area contributed by atoms with E-state index in [1.54, 1.807) is 44.8 Å². The molecular formula is C16H16N4O3. The molecular weight excluding hydrogens is 296 g/mol. The van der Waals surface area contributed by atoms with Crippen LogP contribution in [0.25, 0.3) is 11.0 Å². The Labute approximate surface area is 132 Å². The van der Waals surface area contributed by atoms with Gasteiger partial charge in [0.25, 0.3) is 0 Å². The zero-order valence-corrected chi connectivity index (χ0v) is 12.7. The Morgan fingerprint density at radius 3 is 2.39 bits per heavy atom. The van der Waals surface area contributed by atoms with E-state index in [1.807, 2.05) is 12.1 Å². The van der Waals surface area contributed by atoms with Gasteiger partial charge in [-0.2, -0.15) is 0 Å². The molecule has 0 atom stereocenters. The second kappa shape index (κ2) is 6.27. The summed E-state index contributed by atoms with van der Waals surface area (Å²) < 4.78 is 10.3. The van der Waals surface area contributed by atoms with Crippen molar-refractivity contribution in [3.05, 3.63) is 42.7 Å². The molecule has 0 fully saturated rings. The van der Waals surface area contributed by atoms with E-state index in [9.17, 15) is 4.79 Å². The Morgan fingerprint density at radius 1 is 1.00 bits per heavy atom. The number of carbonyl (C=O) groups is 1. The van der Waals surface area contributed by atoms with Gasteiger partial charge in [0.15, 0.2) is 0 Å². The number of imidazole rings is 1. The SMILES string of the molecule is COc1cc(NC(=O)Nc2ccc3nc[nH]c3c2)cc(OC)c1. The van der Waals surface area contributed by atoms with Gasteiger partial charge in [-0.05, 0) is 18.2 Å². The van der Waals surface area contributed by atoms with Crippen LogP contribution in [0.1, 0.15) is 0 Å². The van der Waals surface area contributed by atoms with Gasteiger partial charge in [-0.3, -0.25) is 0 Å². The minimum atomic E-state index is -0.362. The van der Waals surface area contributed by atoms with Crippen molar-refractivity contribution in [2.45, 2.75) is 0 Å². The van der Waals surface area contributed by atoms with Gasteiger partial charge >= 0.3 is 6.03 Å². The highest BCUT2D eigenvalue weighted by Crippen LogP contribution is 2.26. The monoisotopic (exact) mass is 312 g/mol. The van der Waals surface area contributed by atoms with E-state index < -0.39 is 0 Å². The maximum Gasteiger partial charge on any atom is 0.323 e. The number of aromatic nitrogens is 2. The first kappa shape index (κ1) is 14.7. The molecule has 3 rings (SSSR count). The molecule has 2 aromatic carbocycles. The molecule has 0 aliphatic carbocycles. The molecule has 0 saturated heterocycles. The van der Waals surface area contributed by atoms with Crippen LogP contribution in [0, 0.1) is 0 Å². The maximum absolute atomic E-state index is 12.1. The lowest BCUT2D eigenvalue weighted by molar-refractivity contribution is 0.262. The van der Waals surface area contributed by atoms with Crippen molar-refractivity contribution >= 4 is 28.4 Å². The van der Waals surface area contributed by atoms with Crippen LogP contribution in [0.3, 0.4) is 0 Å². The van der Waals surface area contributed by atoms with Crippen molar-refractivity contribution in [3.63, 3.8) is 0 Å². The second-order valence-electron chi connectivity index (χ2n) is 4.81. The van der Waals surface area contributed by atoms with Crippen molar-refractivity contribution in [3.8, 4) is 11.5 Å². The number of methoxy groups -OCH3 is 2. The first-order valence-corrected chi connectivity index (χ1v) is 6.92. The molecule has 0 bridgehead atoms. The number of carbonyl (C=O) groups excluding carboxylic acids is 1. The maximum atomic E-state index is 12.1. The van der Waals surface area contributed by atoms with Crippen LogP contribution in [0.15, 0.2) is 42.7 Å². The van der Waals surface area contributed by atoms with Crippen molar-refractivity contribution in [2.75, 3.05) is 24.9 Å². The fraction of sp³-hybridized carbons (Fsp3) is 0.125. The zero-order chi connectivity index (χ0) is 16.2. The summed E-state index contributed by atoms with van der Waals surface area (Å²) in [5, 5.41) is 5.51. The Kier molecular flexibility index (Phi) is 4.01.